The number of fused-ring (bicyclic) bond motifs is 2. The fraction of sp³-hybridized carbons (Fsp3) is 0.269. The zero-order chi connectivity index (χ0) is 25.6. The molecule has 0 saturated heterocycles. The van der Waals surface area contributed by atoms with Crippen molar-refractivity contribution in [3.8, 4) is 11.5 Å². The Bertz CT molecular complexity index is 1570. The highest BCUT2D eigenvalue weighted by atomic mass is 35.5. The molecule has 0 saturated carbocycles. The maximum absolute atomic E-state index is 13.8. The number of thiazole rings is 1. The highest BCUT2D eigenvalue weighted by Gasteiger charge is 2.33. The van der Waals surface area contributed by atoms with E-state index < -0.39 is 12.0 Å². The van der Waals surface area contributed by atoms with Crippen molar-refractivity contribution in [2.45, 2.75) is 19.9 Å². The number of carbonyl (C=O) groups excluding carboxylic acids is 1. The number of allylic oxidation sites excluding steroid dienone is 1. The maximum atomic E-state index is 13.8. The van der Waals surface area contributed by atoms with Gasteiger partial charge in [0.05, 0.1) is 33.5 Å². The predicted octanol–water partition coefficient (Wildman–Crippen LogP) is 3.25. The molecule has 186 valence electrons. The SMILES string of the molecule is CCOC(=O)C1=C(C)N=c2s/c(=C/c3cc4c(cc3Cl)OCO4)c(=O)n2C1c1ccc(N(C)C)cc1. The van der Waals surface area contributed by atoms with Gasteiger partial charge in [0.15, 0.2) is 16.3 Å². The van der Waals surface area contributed by atoms with E-state index in [1.54, 1.807) is 36.6 Å². The van der Waals surface area contributed by atoms with E-state index in [0.29, 0.717) is 42.7 Å². The Kier molecular flexibility index (Phi) is 6.36. The number of aromatic nitrogens is 1. The number of benzene rings is 2. The van der Waals surface area contributed by atoms with Crippen LogP contribution in [0.4, 0.5) is 5.69 Å². The minimum atomic E-state index is -0.675. The van der Waals surface area contributed by atoms with E-state index in [2.05, 4.69) is 4.99 Å². The van der Waals surface area contributed by atoms with Crippen LogP contribution in [0.25, 0.3) is 6.08 Å². The van der Waals surface area contributed by atoms with Gasteiger partial charge in [-0.05, 0) is 49.2 Å². The summed E-state index contributed by atoms with van der Waals surface area (Å²) in [6.07, 6.45) is 1.71. The Morgan fingerprint density at radius 3 is 2.61 bits per heavy atom. The molecule has 0 fully saturated rings. The molecule has 3 aromatic rings. The van der Waals surface area contributed by atoms with E-state index in [1.807, 2.05) is 43.3 Å². The van der Waals surface area contributed by atoms with Crippen LogP contribution in [0.2, 0.25) is 5.02 Å². The fourth-order valence-corrected chi connectivity index (χ4v) is 5.49. The molecular weight excluding hydrogens is 502 g/mol. The third-order valence-corrected chi connectivity index (χ3v) is 7.33. The number of esters is 1. The topological polar surface area (TPSA) is 82.4 Å². The van der Waals surface area contributed by atoms with Crippen molar-refractivity contribution in [1.82, 2.24) is 4.57 Å². The van der Waals surface area contributed by atoms with Crippen LogP contribution in [-0.2, 0) is 9.53 Å². The highest BCUT2D eigenvalue weighted by molar-refractivity contribution is 7.07. The summed E-state index contributed by atoms with van der Waals surface area (Å²) in [6.45, 7) is 3.85. The molecule has 8 nitrogen and oxygen atoms in total. The van der Waals surface area contributed by atoms with E-state index in [-0.39, 0.29) is 19.0 Å². The quantitative estimate of drug-likeness (QED) is 0.476. The van der Waals surface area contributed by atoms with E-state index in [1.165, 1.54) is 11.3 Å². The maximum Gasteiger partial charge on any atom is 0.338 e. The van der Waals surface area contributed by atoms with Crippen molar-refractivity contribution >= 4 is 40.7 Å². The normalized spacial score (nSPS) is 16.6. The predicted molar refractivity (Wildman–Crippen MR) is 139 cm³/mol. The molecule has 0 bridgehead atoms. The van der Waals surface area contributed by atoms with Crippen molar-refractivity contribution in [2.24, 2.45) is 4.99 Å². The number of rotatable bonds is 5. The molecule has 0 aliphatic carbocycles. The van der Waals surface area contributed by atoms with Crippen molar-refractivity contribution in [3.05, 3.63) is 83.5 Å². The number of hydrogen-bond acceptors (Lipinski definition) is 8. The Morgan fingerprint density at radius 2 is 1.94 bits per heavy atom. The zero-order valence-electron chi connectivity index (χ0n) is 20.2. The van der Waals surface area contributed by atoms with E-state index in [4.69, 9.17) is 25.8 Å². The number of hydrogen-bond donors (Lipinski definition) is 0. The van der Waals surface area contributed by atoms with Crippen LogP contribution in [0, 0.1) is 0 Å². The van der Waals surface area contributed by atoms with Crippen molar-refractivity contribution in [3.63, 3.8) is 0 Å². The first-order chi connectivity index (χ1) is 17.3. The number of nitrogens with zero attached hydrogens (tertiary/aromatic N) is 3. The molecule has 5 rings (SSSR count). The first kappa shape index (κ1) is 24.1. The lowest BCUT2D eigenvalue weighted by Gasteiger charge is -2.25. The van der Waals surface area contributed by atoms with Crippen LogP contribution in [0.15, 0.2) is 57.5 Å². The Balaban J connectivity index is 1.69. The standard InChI is InChI=1S/C26H24ClN3O5S/c1-5-33-25(32)22-14(2)28-26-30(23(22)15-6-8-17(9-7-15)29(3)4)24(31)21(36-26)11-16-10-19-20(12-18(16)27)35-13-34-19/h6-12,23H,5,13H2,1-4H3/b21-11+. The van der Waals surface area contributed by atoms with Gasteiger partial charge < -0.3 is 19.1 Å². The summed E-state index contributed by atoms with van der Waals surface area (Å²) in [5.41, 5.74) is 3.00. The van der Waals surface area contributed by atoms with Crippen LogP contribution in [0.5, 0.6) is 11.5 Å². The molecular formula is C26H24ClN3O5S. The average Bonchev–Trinajstić information content (AvgIpc) is 3.42. The summed E-state index contributed by atoms with van der Waals surface area (Å²) in [7, 11) is 3.90. The number of halogens is 1. The van der Waals surface area contributed by atoms with Crippen LogP contribution in [-0.4, -0.2) is 38.0 Å². The Labute approximate surface area is 216 Å². The van der Waals surface area contributed by atoms with Gasteiger partial charge in [0.2, 0.25) is 6.79 Å². The minimum absolute atomic E-state index is 0.125. The van der Waals surface area contributed by atoms with Gasteiger partial charge >= 0.3 is 5.97 Å². The van der Waals surface area contributed by atoms with Crippen LogP contribution >= 0.6 is 22.9 Å². The Morgan fingerprint density at radius 1 is 1.25 bits per heavy atom. The van der Waals surface area contributed by atoms with Crippen LogP contribution in [0.3, 0.4) is 0 Å². The molecule has 10 heteroatoms. The van der Waals surface area contributed by atoms with Gasteiger partial charge in [-0.15, -0.1) is 0 Å². The number of carbonyl (C=O) groups is 1. The monoisotopic (exact) mass is 525 g/mol. The second kappa shape index (κ2) is 9.48. The summed E-state index contributed by atoms with van der Waals surface area (Å²) in [5, 5.41) is 0.435. The molecule has 1 aromatic heterocycles. The lowest BCUT2D eigenvalue weighted by Crippen LogP contribution is -2.39. The minimum Gasteiger partial charge on any atom is -0.463 e. The molecule has 0 radical (unpaired) electrons. The molecule has 0 amide bonds. The average molecular weight is 526 g/mol. The number of ether oxygens (including phenoxy) is 3. The summed E-state index contributed by atoms with van der Waals surface area (Å²) in [4.78, 5) is 33.9. The van der Waals surface area contributed by atoms with E-state index in [9.17, 15) is 9.59 Å². The van der Waals surface area contributed by atoms with E-state index >= 15 is 0 Å². The smallest absolute Gasteiger partial charge is 0.338 e. The number of anilines is 1. The van der Waals surface area contributed by atoms with Gasteiger partial charge in [0.1, 0.15) is 0 Å². The molecule has 3 heterocycles. The lowest BCUT2D eigenvalue weighted by atomic mass is 9.95. The second-order valence-electron chi connectivity index (χ2n) is 8.52. The Hall–Kier alpha value is -3.56. The molecule has 1 atom stereocenters. The van der Waals surface area contributed by atoms with Crippen molar-refractivity contribution < 1.29 is 19.0 Å². The van der Waals surface area contributed by atoms with Gasteiger partial charge in [-0.1, -0.05) is 35.1 Å². The third kappa shape index (κ3) is 4.18. The van der Waals surface area contributed by atoms with Crippen LogP contribution in [0.1, 0.15) is 31.0 Å². The third-order valence-electron chi connectivity index (χ3n) is 6.02. The second-order valence-corrected chi connectivity index (χ2v) is 9.93. The van der Waals surface area contributed by atoms with Crippen molar-refractivity contribution in [1.29, 1.82) is 0 Å². The largest absolute Gasteiger partial charge is 0.463 e. The first-order valence-electron chi connectivity index (χ1n) is 11.3. The van der Waals surface area contributed by atoms with Gasteiger partial charge in [0, 0.05) is 25.8 Å². The van der Waals surface area contributed by atoms with Gasteiger partial charge in [-0.3, -0.25) is 9.36 Å². The molecule has 2 aliphatic rings. The molecule has 2 aromatic carbocycles. The highest BCUT2D eigenvalue weighted by Crippen LogP contribution is 2.37. The van der Waals surface area contributed by atoms with Gasteiger partial charge in [-0.25, -0.2) is 9.79 Å². The first-order valence-corrected chi connectivity index (χ1v) is 12.5. The molecule has 1 unspecified atom stereocenters. The van der Waals surface area contributed by atoms with Gasteiger partial charge in [-0.2, -0.15) is 0 Å². The lowest BCUT2D eigenvalue weighted by molar-refractivity contribution is -0.139. The van der Waals surface area contributed by atoms with Crippen LogP contribution < -0.4 is 29.3 Å². The molecule has 2 aliphatic heterocycles. The van der Waals surface area contributed by atoms with E-state index in [0.717, 1.165) is 11.3 Å². The van der Waals surface area contributed by atoms with Crippen molar-refractivity contribution in [2.75, 3.05) is 32.4 Å². The summed E-state index contributed by atoms with van der Waals surface area (Å²) in [5.74, 6) is 0.640. The summed E-state index contributed by atoms with van der Waals surface area (Å²) < 4.78 is 18.2. The summed E-state index contributed by atoms with van der Waals surface area (Å²) in [6, 6.07) is 10.5. The van der Waals surface area contributed by atoms with Gasteiger partial charge in [0.25, 0.3) is 5.56 Å². The molecule has 0 N–H and O–H groups in total. The zero-order valence-corrected chi connectivity index (χ0v) is 21.8. The summed E-state index contributed by atoms with van der Waals surface area (Å²) >= 11 is 7.70. The fourth-order valence-electron chi connectivity index (χ4n) is 4.25. The molecule has 36 heavy (non-hydrogen) atoms. The molecule has 0 spiro atoms.